The first-order valence-electron chi connectivity index (χ1n) is 9.63. The number of nitro benzene ring substituents is 1. The Morgan fingerprint density at radius 3 is 2.33 bits per heavy atom. The quantitative estimate of drug-likeness (QED) is 0.467. The molecule has 0 aromatic heterocycles. The highest BCUT2D eigenvalue weighted by Gasteiger charge is 2.37. The summed E-state index contributed by atoms with van der Waals surface area (Å²) in [7, 11) is 0. The van der Waals surface area contributed by atoms with Gasteiger partial charge in [0.05, 0.1) is 16.5 Å². The van der Waals surface area contributed by atoms with Gasteiger partial charge in [-0.2, -0.15) is 0 Å². The van der Waals surface area contributed by atoms with Crippen molar-refractivity contribution in [2.75, 3.05) is 10.2 Å². The number of rotatable bonds is 5. The maximum atomic E-state index is 13.4. The fraction of sp³-hybridized carbons (Fsp3) is 0.125. The first-order valence-corrected chi connectivity index (χ1v) is 9.63. The highest BCUT2D eigenvalue weighted by Crippen LogP contribution is 2.39. The maximum Gasteiger partial charge on any atom is 0.275 e. The molecule has 1 aliphatic rings. The van der Waals surface area contributed by atoms with Crippen molar-refractivity contribution in [1.82, 2.24) is 0 Å². The number of benzene rings is 3. The Bertz CT molecular complexity index is 1170. The van der Waals surface area contributed by atoms with Crippen molar-refractivity contribution in [3.63, 3.8) is 0 Å². The number of aryl methyl sites for hydroxylation is 2. The summed E-state index contributed by atoms with van der Waals surface area (Å²) in [6.45, 7) is 3.93. The van der Waals surface area contributed by atoms with Crippen LogP contribution in [0.5, 0.6) is 0 Å². The summed E-state index contributed by atoms with van der Waals surface area (Å²) < 4.78 is 0. The van der Waals surface area contributed by atoms with Crippen LogP contribution in [0.25, 0.3) is 0 Å². The van der Waals surface area contributed by atoms with E-state index in [-0.39, 0.29) is 11.6 Å². The van der Waals surface area contributed by atoms with Crippen LogP contribution in [0, 0.1) is 24.0 Å². The number of hydrogen-bond acceptors (Lipinski definition) is 4. The van der Waals surface area contributed by atoms with Crippen molar-refractivity contribution in [3.05, 3.63) is 111 Å². The van der Waals surface area contributed by atoms with E-state index in [0.29, 0.717) is 16.9 Å². The first-order chi connectivity index (χ1) is 14.4. The fourth-order valence-corrected chi connectivity index (χ4v) is 3.72. The van der Waals surface area contributed by atoms with Crippen molar-refractivity contribution in [2.45, 2.75) is 19.9 Å². The summed E-state index contributed by atoms with van der Waals surface area (Å²) in [4.78, 5) is 26.2. The number of nitrogens with zero attached hydrogens (tertiary/aromatic N) is 2. The second-order valence-electron chi connectivity index (χ2n) is 7.35. The Morgan fingerprint density at radius 1 is 0.933 bits per heavy atom. The molecule has 0 saturated carbocycles. The van der Waals surface area contributed by atoms with Crippen LogP contribution in [0.3, 0.4) is 0 Å². The molecule has 0 radical (unpaired) electrons. The monoisotopic (exact) mass is 399 g/mol. The van der Waals surface area contributed by atoms with Crippen LogP contribution in [-0.4, -0.2) is 10.8 Å². The third kappa shape index (κ3) is 3.67. The number of carbonyl (C=O) groups is 1. The lowest BCUT2D eigenvalue weighted by atomic mass is 10.0. The molecule has 6 nitrogen and oxygen atoms in total. The molecule has 1 heterocycles. The van der Waals surface area contributed by atoms with Gasteiger partial charge in [0.25, 0.3) is 11.6 Å². The van der Waals surface area contributed by atoms with Crippen LogP contribution in [-0.2, 0) is 4.79 Å². The molecule has 0 saturated heterocycles. The lowest BCUT2D eigenvalue weighted by Gasteiger charge is -2.25. The van der Waals surface area contributed by atoms with E-state index in [1.54, 1.807) is 29.2 Å². The fourth-order valence-electron chi connectivity index (χ4n) is 3.72. The number of carbonyl (C=O) groups excluding carboxylic acids is 1. The number of hydrogen-bond donors (Lipinski definition) is 1. The number of para-hydroxylation sites is 1. The van der Waals surface area contributed by atoms with Crippen molar-refractivity contribution < 1.29 is 9.72 Å². The number of nitro groups is 1. The topological polar surface area (TPSA) is 75.5 Å². The van der Waals surface area contributed by atoms with Crippen molar-refractivity contribution in [1.29, 1.82) is 0 Å². The highest BCUT2D eigenvalue weighted by molar-refractivity contribution is 6.11. The van der Waals surface area contributed by atoms with Crippen LogP contribution in [0.2, 0.25) is 0 Å². The minimum Gasteiger partial charge on any atom is -0.351 e. The first kappa shape index (κ1) is 19.4. The van der Waals surface area contributed by atoms with E-state index in [2.05, 4.69) is 5.32 Å². The molecule has 0 aliphatic carbocycles. The molecule has 0 bridgehead atoms. The molecule has 150 valence electrons. The predicted octanol–water partition coefficient (Wildman–Crippen LogP) is 5.30. The molecular formula is C24H21N3O3. The molecule has 1 N–H and O–H groups in total. The van der Waals surface area contributed by atoms with Crippen molar-refractivity contribution in [3.8, 4) is 0 Å². The molecular weight excluding hydrogens is 378 g/mol. The molecule has 3 aromatic carbocycles. The van der Waals surface area contributed by atoms with Gasteiger partial charge in [0, 0.05) is 17.4 Å². The molecule has 4 rings (SSSR count). The summed E-state index contributed by atoms with van der Waals surface area (Å²) in [5.74, 6) is -0.231. The van der Waals surface area contributed by atoms with E-state index < -0.39 is 11.0 Å². The summed E-state index contributed by atoms with van der Waals surface area (Å²) in [6.07, 6.45) is 1.76. The zero-order valence-corrected chi connectivity index (χ0v) is 16.7. The Balaban J connectivity index is 1.81. The average molecular weight is 399 g/mol. The van der Waals surface area contributed by atoms with Gasteiger partial charge in [-0.25, -0.2) is 0 Å². The lowest BCUT2D eigenvalue weighted by Crippen LogP contribution is -2.31. The minimum atomic E-state index is -0.590. The van der Waals surface area contributed by atoms with E-state index in [4.69, 9.17) is 0 Å². The molecule has 1 amide bonds. The standard InChI is InChI=1S/C24H21N3O3/c1-16-7-5-9-18(13-16)25-21-15-23(20-11-3-4-12-22(20)27(29)30)26(24(21)28)19-10-6-8-17(2)14-19/h3-15,23,25H,1-2H3. The normalized spacial score (nSPS) is 15.8. The summed E-state index contributed by atoms with van der Waals surface area (Å²) in [6, 6.07) is 21.3. The van der Waals surface area contributed by atoms with Crippen LogP contribution in [0.4, 0.5) is 17.1 Å². The largest absolute Gasteiger partial charge is 0.351 e. The van der Waals surface area contributed by atoms with Crippen LogP contribution < -0.4 is 10.2 Å². The average Bonchev–Trinajstić information content (AvgIpc) is 3.04. The summed E-state index contributed by atoms with van der Waals surface area (Å²) >= 11 is 0. The number of anilines is 2. The molecule has 0 fully saturated rings. The SMILES string of the molecule is Cc1cccc(NC2=CC(c3ccccc3[N+](=O)[O-])N(c3cccc(C)c3)C2=O)c1. The van der Waals surface area contributed by atoms with E-state index in [9.17, 15) is 14.9 Å². The predicted molar refractivity (Wildman–Crippen MR) is 117 cm³/mol. The molecule has 1 unspecified atom stereocenters. The molecule has 6 heteroatoms. The van der Waals surface area contributed by atoms with E-state index >= 15 is 0 Å². The Morgan fingerprint density at radius 2 is 1.63 bits per heavy atom. The molecule has 3 aromatic rings. The van der Waals surface area contributed by atoms with Crippen LogP contribution in [0.15, 0.2) is 84.6 Å². The van der Waals surface area contributed by atoms with E-state index in [1.165, 1.54) is 6.07 Å². The van der Waals surface area contributed by atoms with Gasteiger partial charge in [0.1, 0.15) is 5.70 Å². The zero-order chi connectivity index (χ0) is 21.3. The molecule has 0 spiro atoms. The Labute approximate surface area is 174 Å². The van der Waals surface area contributed by atoms with E-state index in [0.717, 1.165) is 16.8 Å². The van der Waals surface area contributed by atoms with Gasteiger partial charge in [0.15, 0.2) is 0 Å². The molecule has 30 heavy (non-hydrogen) atoms. The zero-order valence-electron chi connectivity index (χ0n) is 16.7. The van der Waals surface area contributed by atoms with Crippen LogP contribution >= 0.6 is 0 Å². The third-order valence-electron chi connectivity index (χ3n) is 5.08. The van der Waals surface area contributed by atoms with Crippen molar-refractivity contribution in [2.24, 2.45) is 0 Å². The second-order valence-corrected chi connectivity index (χ2v) is 7.35. The summed E-state index contributed by atoms with van der Waals surface area (Å²) in [5.41, 5.74) is 4.41. The lowest BCUT2D eigenvalue weighted by molar-refractivity contribution is -0.385. The highest BCUT2D eigenvalue weighted by atomic mass is 16.6. The summed E-state index contributed by atoms with van der Waals surface area (Å²) in [5, 5.41) is 14.8. The van der Waals surface area contributed by atoms with Gasteiger partial charge in [-0.3, -0.25) is 19.8 Å². The third-order valence-corrected chi connectivity index (χ3v) is 5.08. The Kier molecular flexibility index (Phi) is 5.06. The maximum absolute atomic E-state index is 13.4. The van der Waals surface area contributed by atoms with Gasteiger partial charge in [0.2, 0.25) is 0 Å². The number of nitrogens with one attached hydrogen (secondary N) is 1. The number of amides is 1. The van der Waals surface area contributed by atoms with E-state index in [1.807, 2.05) is 62.4 Å². The van der Waals surface area contributed by atoms with Gasteiger partial charge in [-0.1, -0.05) is 36.4 Å². The van der Waals surface area contributed by atoms with Crippen LogP contribution in [0.1, 0.15) is 22.7 Å². The minimum absolute atomic E-state index is 0.0130. The van der Waals surface area contributed by atoms with Gasteiger partial charge < -0.3 is 5.32 Å². The van der Waals surface area contributed by atoms with Gasteiger partial charge in [-0.15, -0.1) is 0 Å². The Hall–Kier alpha value is -3.93. The molecule has 1 aliphatic heterocycles. The van der Waals surface area contributed by atoms with Gasteiger partial charge >= 0.3 is 0 Å². The smallest absolute Gasteiger partial charge is 0.275 e. The molecule has 1 atom stereocenters. The van der Waals surface area contributed by atoms with Crippen molar-refractivity contribution >= 4 is 23.0 Å². The second kappa shape index (κ2) is 7.83. The van der Waals surface area contributed by atoms with Gasteiger partial charge in [-0.05, 0) is 61.4 Å².